The second kappa shape index (κ2) is 10.2. The number of nitro groups is 1. The number of anilines is 1. The van der Waals surface area contributed by atoms with Gasteiger partial charge < -0.3 is 15.0 Å². The molecule has 1 heterocycles. The fraction of sp³-hybridized carbons (Fsp3) is 0.0435. The van der Waals surface area contributed by atoms with E-state index < -0.39 is 45.9 Å². The van der Waals surface area contributed by atoms with Crippen LogP contribution in [0.15, 0.2) is 75.4 Å². The van der Waals surface area contributed by atoms with Crippen molar-refractivity contribution in [3.8, 4) is 5.75 Å². The number of fused-ring (bicyclic) bond motifs is 1. The van der Waals surface area contributed by atoms with Crippen LogP contribution in [0.2, 0.25) is 5.02 Å². The maximum Gasteiger partial charge on any atom is 0.349 e. The highest BCUT2D eigenvalue weighted by molar-refractivity contribution is 6.32. The maximum absolute atomic E-state index is 13.7. The average Bonchev–Trinajstić information content (AvgIpc) is 2.84. The predicted molar refractivity (Wildman–Crippen MR) is 130 cm³/mol. The molecule has 0 bridgehead atoms. The van der Waals surface area contributed by atoms with Crippen molar-refractivity contribution >= 4 is 46.0 Å². The number of nitrogens with one attached hydrogen (secondary N) is 2. The van der Waals surface area contributed by atoms with Gasteiger partial charge in [0.25, 0.3) is 11.5 Å². The van der Waals surface area contributed by atoms with E-state index in [1.165, 1.54) is 30.3 Å². The van der Waals surface area contributed by atoms with Crippen molar-refractivity contribution in [3.05, 3.63) is 108 Å². The highest BCUT2D eigenvalue weighted by Crippen LogP contribution is 2.35. The Morgan fingerprint density at radius 1 is 1.19 bits per heavy atom. The Bertz CT molecular complexity index is 1650. The maximum atomic E-state index is 13.7. The van der Waals surface area contributed by atoms with E-state index in [1.807, 2.05) is 0 Å². The molecule has 0 aliphatic heterocycles. The Labute approximate surface area is 205 Å². The number of amides is 1. The van der Waals surface area contributed by atoms with E-state index in [-0.39, 0.29) is 21.7 Å². The number of benzene rings is 3. The third-order valence-electron chi connectivity index (χ3n) is 4.84. The summed E-state index contributed by atoms with van der Waals surface area (Å²) in [4.78, 5) is 50.3. The molecule has 0 aliphatic carbocycles. The summed E-state index contributed by atoms with van der Waals surface area (Å²) >= 11 is 6.15. The summed E-state index contributed by atoms with van der Waals surface area (Å²) in [6, 6.07) is 14.1. The Hall–Kier alpha value is -4.84. The van der Waals surface area contributed by atoms with Crippen LogP contribution in [0.4, 0.5) is 15.8 Å². The monoisotopic (exact) mass is 511 g/mol. The second-order valence-corrected chi connectivity index (χ2v) is 7.67. The van der Waals surface area contributed by atoms with Gasteiger partial charge in [0.15, 0.2) is 6.61 Å². The molecule has 0 spiro atoms. The van der Waals surface area contributed by atoms with Gasteiger partial charge in [-0.1, -0.05) is 35.9 Å². The highest BCUT2D eigenvalue weighted by Gasteiger charge is 2.22. The SMILES string of the molecule is O=C(COc1c(Cl)cc(C=Nn2c(=O)[nH]c3ccccc3c2=O)cc1[N+](=O)[O-])Nc1ccccc1F. The summed E-state index contributed by atoms with van der Waals surface area (Å²) in [5, 5.41) is 17.7. The van der Waals surface area contributed by atoms with Crippen LogP contribution in [-0.4, -0.2) is 33.3 Å². The lowest BCUT2D eigenvalue weighted by Gasteiger charge is -2.10. The van der Waals surface area contributed by atoms with Crippen molar-refractivity contribution in [1.82, 2.24) is 9.66 Å². The number of para-hydroxylation sites is 2. The number of aromatic amines is 1. The summed E-state index contributed by atoms with van der Waals surface area (Å²) in [5.74, 6) is -1.84. The van der Waals surface area contributed by atoms with E-state index in [2.05, 4.69) is 15.4 Å². The summed E-state index contributed by atoms with van der Waals surface area (Å²) in [5.41, 5.74) is -1.77. The summed E-state index contributed by atoms with van der Waals surface area (Å²) in [7, 11) is 0. The van der Waals surface area contributed by atoms with Crippen molar-refractivity contribution in [2.45, 2.75) is 0 Å². The zero-order valence-corrected chi connectivity index (χ0v) is 18.9. The van der Waals surface area contributed by atoms with Crippen LogP contribution in [0.25, 0.3) is 10.9 Å². The van der Waals surface area contributed by atoms with E-state index in [0.717, 1.165) is 18.3 Å². The number of ether oxygens (including phenoxy) is 1. The van der Waals surface area contributed by atoms with Crippen molar-refractivity contribution in [1.29, 1.82) is 0 Å². The van der Waals surface area contributed by atoms with E-state index in [9.17, 15) is 28.9 Å². The fourth-order valence-electron chi connectivity index (χ4n) is 3.22. The molecular weight excluding hydrogens is 497 g/mol. The number of halogens is 2. The number of hydrogen-bond donors (Lipinski definition) is 2. The molecule has 0 fully saturated rings. The van der Waals surface area contributed by atoms with Gasteiger partial charge in [-0.05, 0) is 30.3 Å². The van der Waals surface area contributed by atoms with Crippen LogP contribution >= 0.6 is 11.6 Å². The molecule has 4 aromatic rings. The molecule has 3 aromatic carbocycles. The average molecular weight is 512 g/mol. The lowest BCUT2D eigenvalue weighted by molar-refractivity contribution is -0.385. The van der Waals surface area contributed by atoms with Crippen molar-refractivity contribution in [3.63, 3.8) is 0 Å². The topological polar surface area (TPSA) is 149 Å². The van der Waals surface area contributed by atoms with Gasteiger partial charge in [0.2, 0.25) is 5.75 Å². The number of H-pyrrole nitrogens is 1. The van der Waals surface area contributed by atoms with E-state index in [0.29, 0.717) is 10.2 Å². The van der Waals surface area contributed by atoms with Gasteiger partial charge in [-0.15, -0.1) is 4.68 Å². The van der Waals surface area contributed by atoms with Gasteiger partial charge in [0.05, 0.1) is 32.8 Å². The zero-order valence-electron chi connectivity index (χ0n) is 18.1. The summed E-state index contributed by atoms with van der Waals surface area (Å²) in [6.45, 7) is -0.690. The molecule has 0 unspecified atom stereocenters. The minimum atomic E-state index is -0.809. The molecule has 4 rings (SSSR count). The van der Waals surface area contributed by atoms with E-state index in [1.54, 1.807) is 18.2 Å². The number of aromatic nitrogens is 2. The molecule has 0 atom stereocenters. The van der Waals surface area contributed by atoms with Gasteiger partial charge in [-0.25, -0.2) is 9.18 Å². The largest absolute Gasteiger partial charge is 0.476 e. The van der Waals surface area contributed by atoms with Gasteiger partial charge >= 0.3 is 11.4 Å². The normalized spacial score (nSPS) is 11.1. The van der Waals surface area contributed by atoms with Crippen molar-refractivity contribution in [2.75, 3.05) is 11.9 Å². The smallest absolute Gasteiger partial charge is 0.349 e. The van der Waals surface area contributed by atoms with Crippen LogP contribution in [-0.2, 0) is 4.79 Å². The van der Waals surface area contributed by atoms with E-state index >= 15 is 0 Å². The summed E-state index contributed by atoms with van der Waals surface area (Å²) in [6.07, 6.45) is 1.04. The van der Waals surface area contributed by atoms with Crippen LogP contribution < -0.4 is 21.3 Å². The Balaban J connectivity index is 1.59. The van der Waals surface area contributed by atoms with Gasteiger partial charge in [-0.3, -0.25) is 19.7 Å². The molecule has 36 heavy (non-hydrogen) atoms. The standard InChI is InChI=1S/C23H15ClFN5O6/c24-15-9-13(11-26-29-22(32)14-5-1-3-7-17(14)28-23(29)33)10-19(30(34)35)21(15)36-12-20(31)27-18-8-4-2-6-16(18)25/h1-11H,12H2,(H,27,31)(H,28,33). The van der Waals surface area contributed by atoms with Crippen molar-refractivity contribution < 1.29 is 18.8 Å². The minimum absolute atomic E-state index is 0.0781. The number of nitrogens with zero attached hydrogens (tertiary/aromatic N) is 3. The molecule has 0 saturated heterocycles. The van der Waals surface area contributed by atoms with Crippen molar-refractivity contribution in [2.24, 2.45) is 5.10 Å². The first kappa shape index (κ1) is 24.3. The Morgan fingerprint density at radius 3 is 2.67 bits per heavy atom. The fourth-order valence-corrected chi connectivity index (χ4v) is 3.50. The molecule has 0 radical (unpaired) electrons. The Morgan fingerprint density at radius 2 is 1.92 bits per heavy atom. The first-order valence-corrected chi connectivity index (χ1v) is 10.6. The molecule has 0 saturated carbocycles. The molecule has 2 N–H and O–H groups in total. The third-order valence-corrected chi connectivity index (χ3v) is 5.13. The lowest BCUT2D eigenvalue weighted by Crippen LogP contribution is -2.32. The molecular formula is C23H15ClFN5O6. The third kappa shape index (κ3) is 5.13. The van der Waals surface area contributed by atoms with Gasteiger partial charge in [0, 0.05) is 11.6 Å². The molecule has 1 amide bonds. The van der Waals surface area contributed by atoms with E-state index in [4.69, 9.17) is 16.3 Å². The van der Waals surface area contributed by atoms with Crippen LogP contribution in [0, 0.1) is 15.9 Å². The minimum Gasteiger partial charge on any atom is -0.476 e. The zero-order chi connectivity index (χ0) is 25.8. The number of hydrogen-bond acceptors (Lipinski definition) is 7. The summed E-state index contributed by atoms with van der Waals surface area (Å²) < 4.78 is 19.5. The quantitative estimate of drug-likeness (QED) is 0.221. The molecule has 1 aromatic heterocycles. The van der Waals surface area contributed by atoms with Crippen LogP contribution in [0.1, 0.15) is 5.56 Å². The number of carbonyl (C=O) groups is 1. The first-order chi connectivity index (χ1) is 17.2. The highest BCUT2D eigenvalue weighted by atomic mass is 35.5. The van der Waals surface area contributed by atoms with Crippen LogP contribution in [0.3, 0.4) is 0 Å². The number of carbonyl (C=O) groups excluding carboxylic acids is 1. The number of rotatable bonds is 7. The molecule has 182 valence electrons. The number of nitro benzene ring substituents is 1. The lowest BCUT2D eigenvalue weighted by atomic mass is 10.2. The van der Waals surface area contributed by atoms with Crippen LogP contribution in [0.5, 0.6) is 5.75 Å². The predicted octanol–water partition coefficient (Wildman–Crippen LogP) is 3.29. The Kier molecular flexibility index (Phi) is 6.88. The van der Waals surface area contributed by atoms with Gasteiger partial charge in [-0.2, -0.15) is 5.10 Å². The molecule has 0 aliphatic rings. The van der Waals surface area contributed by atoms with Gasteiger partial charge in [0.1, 0.15) is 5.82 Å². The second-order valence-electron chi connectivity index (χ2n) is 7.26. The first-order valence-electron chi connectivity index (χ1n) is 10.2. The molecule has 11 nitrogen and oxygen atoms in total. The molecule has 13 heteroatoms.